The Balaban J connectivity index is 3.29. The van der Waals surface area contributed by atoms with E-state index in [9.17, 15) is 4.39 Å². The van der Waals surface area contributed by atoms with Crippen LogP contribution in [0.3, 0.4) is 0 Å². The van der Waals surface area contributed by atoms with Crippen LogP contribution in [0, 0.1) is 5.41 Å². The Morgan fingerprint density at radius 1 is 1.43 bits per heavy atom. The molecule has 0 bridgehead atoms. The smallest absolute Gasteiger partial charge is 0.133 e. The monoisotopic (exact) mass is 255 g/mol. The molecule has 0 aromatic rings. The van der Waals surface area contributed by atoms with Gasteiger partial charge in [-0.25, -0.2) is 4.39 Å². The van der Waals surface area contributed by atoms with Crippen LogP contribution >= 0.6 is 15.9 Å². The van der Waals surface area contributed by atoms with E-state index in [1.54, 1.807) is 19.9 Å². The zero-order chi connectivity index (χ0) is 10.9. The molecule has 0 saturated heterocycles. The molecule has 0 aromatic heterocycles. The van der Waals surface area contributed by atoms with E-state index in [-0.39, 0.29) is 11.5 Å². The number of nitrogens with one attached hydrogen (secondary N) is 1. The summed E-state index contributed by atoms with van der Waals surface area (Å²) >= 11 is 3.14. The Morgan fingerprint density at radius 2 is 2.00 bits per heavy atom. The summed E-state index contributed by atoms with van der Waals surface area (Å²) in [7, 11) is 0. The van der Waals surface area contributed by atoms with Gasteiger partial charge in [-0.1, -0.05) is 28.1 Å². The van der Waals surface area contributed by atoms with Crippen LogP contribution < -0.4 is 0 Å². The minimum atomic E-state index is -0.384. The van der Waals surface area contributed by atoms with Gasteiger partial charge in [0, 0.05) is 10.1 Å². The van der Waals surface area contributed by atoms with Crippen molar-refractivity contribution in [3.05, 3.63) is 45.8 Å². The third-order valence-corrected chi connectivity index (χ3v) is 2.53. The summed E-state index contributed by atoms with van der Waals surface area (Å²) in [5, 5.41) is 7.64. The first-order chi connectivity index (χ1) is 6.43. The molecule has 3 heteroatoms. The predicted molar refractivity (Wildman–Crippen MR) is 61.4 cm³/mol. The second-order valence-electron chi connectivity index (χ2n) is 3.22. The van der Waals surface area contributed by atoms with Gasteiger partial charge in [0.15, 0.2) is 0 Å². The number of rotatable bonds is 1. The molecule has 0 fully saturated rings. The fourth-order valence-electron chi connectivity index (χ4n) is 1.17. The first-order valence-electron chi connectivity index (χ1n) is 4.14. The van der Waals surface area contributed by atoms with Gasteiger partial charge in [-0.2, -0.15) is 0 Å². The summed E-state index contributed by atoms with van der Waals surface area (Å²) < 4.78 is 14.1. The minimum Gasteiger partial charge on any atom is -0.300 e. The van der Waals surface area contributed by atoms with E-state index >= 15 is 0 Å². The van der Waals surface area contributed by atoms with E-state index < -0.39 is 0 Å². The molecule has 74 valence electrons. The molecule has 0 spiro atoms. The topological polar surface area (TPSA) is 23.9 Å². The second kappa shape index (κ2) is 4.05. The van der Waals surface area contributed by atoms with Crippen LogP contribution in [-0.4, -0.2) is 5.71 Å². The Labute approximate surface area is 91.3 Å². The van der Waals surface area contributed by atoms with Crippen molar-refractivity contribution in [2.75, 3.05) is 0 Å². The highest BCUT2D eigenvalue weighted by Crippen LogP contribution is 2.29. The largest absolute Gasteiger partial charge is 0.300 e. The molecule has 14 heavy (non-hydrogen) atoms. The molecule has 1 aliphatic carbocycles. The minimum absolute atomic E-state index is 0.178. The van der Waals surface area contributed by atoms with Gasteiger partial charge in [0.1, 0.15) is 5.83 Å². The van der Waals surface area contributed by atoms with Crippen molar-refractivity contribution >= 4 is 21.6 Å². The molecule has 0 amide bonds. The molecule has 0 radical (unpaired) electrons. The third-order valence-electron chi connectivity index (χ3n) is 2.07. The van der Waals surface area contributed by atoms with Gasteiger partial charge in [-0.3, -0.25) is 0 Å². The molecular weight excluding hydrogens is 245 g/mol. The van der Waals surface area contributed by atoms with E-state index in [2.05, 4.69) is 22.5 Å². The number of allylic oxidation sites excluding steroid dienone is 7. The highest BCUT2D eigenvalue weighted by molar-refractivity contribution is 9.11. The zero-order valence-corrected chi connectivity index (χ0v) is 9.70. The highest BCUT2D eigenvalue weighted by atomic mass is 79.9. The van der Waals surface area contributed by atoms with Crippen LogP contribution in [0.2, 0.25) is 0 Å². The van der Waals surface area contributed by atoms with E-state index in [4.69, 9.17) is 5.41 Å². The summed E-state index contributed by atoms with van der Waals surface area (Å²) in [6.07, 6.45) is 2.94. The highest BCUT2D eigenvalue weighted by Gasteiger charge is 2.17. The van der Waals surface area contributed by atoms with Crippen LogP contribution in [0.5, 0.6) is 0 Å². The average molecular weight is 256 g/mol. The predicted octanol–water partition coefficient (Wildman–Crippen LogP) is 4.04. The summed E-state index contributed by atoms with van der Waals surface area (Å²) in [6.45, 7) is 7.31. The van der Waals surface area contributed by atoms with Crippen molar-refractivity contribution in [3.8, 4) is 0 Å². The maximum Gasteiger partial charge on any atom is 0.133 e. The Bertz CT molecular complexity index is 400. The number of hydrogen-bond acceptors (Lipinski definition) is 1. The summed E-state index contributed by atoms with van der Waals surface area (Å²) in [4.78, 5) is 0. The fourth-order valence-corrected chi connectivity index (χ4v) is 1.60. The van der Waals surface area contributed by atoms with Crippen molar-refractivity contribution < 1.29 is 4.39 Å². The van der Waals surface area contributed by atoms with Crippen molar-refractivity contribution in [3.63, 3.8) is 0 Å². The Kier molecular flexibility index (Phi) is 3.21. The first kappa shape index (κ1) is 11.1. The van der Waals surface area contributed by atoms with E-state index in [0.717, 1.165) is 11.1 Å². The van der Waals surface area contributed by atoms with Crippen LogP contribution in [0.25, 0.3) is 0 Å². The van der Waals surface area contributed by atoms with E-state index in [0.29, 0.717) is 10.1 Å². The van der Waals surface area contributed by atoms with E-state index in [1.165, 1.54) is 6.08 Å². The molecule has 1 rings (SSSR count). The van der Waals surface area contributed by atoms with Crippen LogP contribution in [0.15, 0.2) is 45.8 Å². The Morgan fingerprint density at radius 3 is 2.43 bits per heavy atom. The van der Waals surface area contributed by atoms with Gasteiger partial charge in [-0.15, -0.1) is 0 Å². The molecular formula is C11H11BrFN. The third kappa shape index (κ3) is 2.10. The normalized spacial score (nSPS) is 20.1. The Hall–Kier alpha value is -0.960. The first-order valence-corrected chi connectivity index (χ1v) is 4.93. The molecule has 1 N–H and O–H groups in total. The summed E-state index contributed by atoms with van der Waals surface area (Å²) in [5.74, 6) is -0.384. The molecule has 1 nitrogen and oxygen atoms in total. The van der Waals surface area contributed by atoms with Crippen LogP contribution in [-0.2, 0) is 0 Å². The van der Waals surface area contributed by atoms with Crippen molar-refractivity contribution in [1.29, 1.82) is 5.41 Å². The maximum absolute atomic E-state index is 13.5. The van der Waals surface area contributed by atoms with Gasteiger partial charge in [0.25, 0.3) is 0 Å². The van der Waals surface area contributed by atoms with Gasteiger partial charge < -0.3 is 5.41 Å². The van der Waals surface area contributed by atoms with Gasteiger partial charge in [0.2, 0.25) is 0 Å². The number of hydrogen-bond donors (Lipinski definition) is 1. The lowest BCUT2D eigenvalue weighted by molar-refractivity contribution is 0.657. The van der Waals surface area contributed by atoms with Crippen LogP contribution in [0.4, 0.5) is 4.39 Å². The molecule has 0 atom stereocenters. The SMILES string of the molecule is C=C(C)/C(C)=C1/C(=N)C=C(Br)C=C1F. The molecule has 0 saturated carbocycles. The van der Waals surface area contributed by atoms with Gasteiger partial charge >= 0.3 is 0 Å². The lowest BCUT2D eigenvalue weighted by atomic mass is 9.96. The fraction of sp³-hybridized carbons (Fsp3) is 0.182. The number of halogens is 2. The summed E-state index contributed by atoms with van der Waals surface area (Å²) in [6, 6.07) is 0. The lowest BCUT2D eigenvalue weighted by Crippen LogP contribution is -2.06. The van der Waals surface area contributed by atoms with Gasteiger partial charge in [-0.05, 0) is 31.6 Å². The van der Waals surface area contributed by atoms with Crippen LogP contribution in [0.1, 0.15) is 13.8 Å². The zero-order valence-electron chi connectivity index (χ0n) is 8.12. The standard InChI is InChI=1S/C11H11BrFN/c1-6(2)7(3)11-9(13)4-8(12)5-10(11)14/h4-5,14H,1H2,2-3H3/b11-7+,14-10?. The molecule has 0 aromatic carbocycles. The molecule has 0 aliphatic heterocycles. The quantitative estimate of drug-likeness (QED) is 0.732. The van der Waals surface area contributed by atoms with Crippen molar-refractivity contribution in [2.45, 2.75) is 13.8 Å². The summed E-state index contributed by atoms with van der Waals surface area (Å²) in [5.41, 5.74) is 2.01. The van der Waals surface area contributed by atoms with Crippen molar-refractivity contribution in [2.24, 2.45) is 0 Å². The molecule has 1 aliphatic rings. The molecule has 0 heterocycles. The molecule has 0 unspecified atom stereocenters. The average Bonchev–Trinajstić information content (AvgIpc) is 2.01. The maximum atomic E-state index is 13.5. The lowest BCUT2D eigenvalue weighted by Gasteiger charge is -2.13. The van der Waals surface area contributed by atoms with Crippen molar-refractivity contribution in [1.82, 2.24) is 0 Å². The second-order valence-corrected chi connectivity index (χ2v) is 4.13. The van der Waals surface area contributed by atoms with E-state index in [1.807, 2.05) is 0 Å². The van der Waals surface area contributed by atoms with Gasteiger partial charge in [0.05, 0.1) is 5.71 Å².